The predicted octanol–water partition coefficient (Wildman–Crippen LogP) is 2.86. The summed E-state index contributed by atoms with van der Waals surface area (Å²) in [5.74, 6) is 1.79. The zero-order chi connectivity index (χ0) is 16.5. The third kappa shape index (κ3) is 5.87. The SMILES string of the molecule is CN=C(NCCc1ccccc1C)N(C)CCC1CCOCC1. The first-order valence-corrected chi connectivity index (χ1v) is 8.74. The molecule has 0 radical (unpaired) electrons. The molecule has 4 heteroatoms. The van der Waals surface area contributed by atoms with E-state index in [2.05, 4.69) is 53.4 Å². The number of hydrogen-bond acceptors (Lipinski definition) is 2. The molecule has 1 aromatic rings. The van der Waals surface area contributed by atoms with E-state index >= 15 is 0 Å². The van der Waals surface area contributed by atoms with E-state index in [9.17, 15) is 0 Å². The van der Waals surface area contributed by atoms with Crippen molar-refractivity contribution in [3.63, 3.8) is 0 Å². The van der Waals surface area contributed by atoms with Crippen molar-refractivity contribution in [2.75, 3.05) is 40.4 Å². The molecule has 0 unspecified atom stereocenters. The van der Waals surface area contributed by atoms with Crippen molar-refractivity contribution in [1.29, 1.82) is 0 Å². The molecule has 4 nitrogen and oxygen atoms in total. The smallest absolute Gasteiger partial charge is 0.193 e. The van der Waals surface area contributed by atoms with Gasteiger partial charge < -0.3 is 15.0 Å². The normalized spacial score (nSPS) is 16.4. The first-order valence-electron chi connectivity index (χ1n) is 8.74. The van der Waals surface area contributed by atoms with Gasteiger partial charge in [0.15, 0.2) is 5.96 Å². The molecule has 0 aromatic heterocycles. The molecule has 1 aliphatic heterocycles. The Balaban J connectivity index is 1.72. The van der Waals surface area contributed by atoms with Crippen molar-refractivity contribution >= 4 is 5.96 Å². The predicted molar refractivity (Wildman–Crippen MR) is 97.0 cm³/mol. The molecule has 0 bridgehead atoms. The number of benzene rings is 1. The van der Waals surface area contributed by atoms with E-state index in [0.717, 1.165) is 44.6 Å². The minimum atomic E-state index is 0.802. The topological polar surface area (TPSA) is 36.9 Å². The van der Waals surface area contributed by atoms with Crippen LogP contribution in [0.3, 0.4) is 0 Å². The summed E-state index contributed by atoms with van der Waals surface area (Å²) >= 11 is 0. The molecule has 23 heavy (non-hydrogen) atoms. The fourth-order valence-corrected chi connectivity index (χ4v) is 3.10. The van der Waals surface area contributed by atoms with Crippen LogP contribution >= 0.6 is 0 Å². The van der Waals surface area contributed by atoms with Crippen LogP contribution in [0.25, 0.3) is 0 Å². The number of nitrogens with one attached hydrogen (secondary N) is 1. The quantitative estimate of drug-likeness (QED) is 0.647. The van der Waals surface area contributed by atoms with Crippen molar-refractivity contribution in [3.8, 4) is 0 Å². The molecule has 1 aliphatic rings. The molecule has 1 heterocycles. The van der Waals surface area contributed by atoms with Gasteiger partial charge in [-0.3, -0.25) is 4.99 Å². The molecular formula is C19H31N3O. The average molecular weight is 317 g/mol. The van der Waals surface area contributed by atoms with Gasteiger partial charge in [0.2, 0.25) is 0 Å². The van der Waals surface area contributed by atoms with Crippen LogP contribution in [0.1, 0.15) is 30.4 Å². The molecule has 1 fully saturated rings. The maximum Gasteiger partial charge on any atom is 0.193 e. The first-order chi connectivity index (χ1) is 11.2. The van der Waals surface area contributed by atoms with Gasteiger partial charge >= 0.3 is 0 Å². The summed E-state index contributed by atoms with van der Waals surface area (Å²) in [6.07, 6.45) is 4.65. The Morgan fingerprint density at radius 2 is 2.04 bits per heavy atom. The number of aryl methyl sites for hydroxylation is 1. The largest absolute Gasteiger partial charge is 0.381 e. The lowest BCUT2D eigenvalue weighted by Crippen LogP contribution is -2.40. The molecule has 0 atom stereocenters. The standard InChI is InChI=1S/C19H31N3O/c1-16-6-4-5-7-18(16)8-12-21-19(20-2)22(3)13-9-17-10-14-23-15-11-17/h4-7,17H,8-15H2,1-3H3,(H,20,21). The van der Waals surface area contributed by atoms with Crippen molar-refractivity contribution < 1.29 is 4.74 Å². The van der Waals surface area contributed by atoms with Gasteiger partial charge in [-0.15, -0.1) is 0 Å². The lowest BCUT2D eigenvalue weighted by molar-refractivity contribution is 0.0625. The summed E-state index contributed by atoms with van der Waals surface area (Å²) < 4.78 is 5.43. The molecule has 1 aromatic carbocycles. The van der Waals surface area contributed by atoms with Gasteiger partial charge in [0.05, 0.1) is 0 Å². The molecule has 1 N–H and O–H groups in total. The molecular weight excluding hydrogens is 286 g/mol. The second kappa shape index (κ2) is 9.56. The van der Waals surface area contributed by atoms with Crippen molar-refractivity contribution in [2.45, 2.75) is 32.6 Å². The van der Waals surface area contributed by atoms with Crippen molar-refractivity contribution in [3.05, 3.63) is 35.4 Å². The van der Waals surface area contributed by atoms with Gasteiger partial charge in [0.1, 0.15) is 0 Å². The molecule has 0 aliphatic carbocycles. The van der Waals surface area contributed by atoms with Gasteiger partial charge in [-0.25, -0.2) is 0 Å². The van der Waals surface area contributed by atoms with Gasteiger partial charge in [-0.1, -0.05) is 24.3 Å². The summed E-state index contributed by atoms with van der Waals surface area (Å²) in [4.78, 5) is 6.66. The number of rotatable bonds is 6. The molecule has 1 saturated heterocycles. The molecule has 128 valence electrons. The van der Waals surface area contributed by atoms with Crippen LogP contribution in [-0.2, 0) is 11.2 Å². The highest BCUT2D eigenvalue weighted by Gasteiger charge is 2.15. The second-order valence-corrected chi connectivity index (χ2v) is 6.42. The summed E-state index contributed by atoms with van der Waals surface area (Å²) in [6, 6.07) is 8.57. The minimum absolute atomic E-state index is 0.802. The Hall–Kier alpha value is -1.55. The number of nitrogens with zero attached hydrogens (tertiary/aromatic N) is 2. The molecule has 2 rings (SSSR count). The molecule has 0 amide bonds. The molecule has 0 saturated carbocycles. The second-order valence-electron chi connectivity index (χ2n) is 6.42. The van der Waals surface area contributed by atoms with Gasteiger partial charge in [-0.2, -0.15) is 0 Å². The van der Waals surface area contributed by atoms with Crippen LogP contribution in [0.15, 0.2) is 29.3 Å². The number of aliphatic imine (C=N–C) groups is 1. The highest BCUT2D eigenvalue weighted by Crippen LogP contribution is 2.18. The fraction of sp³-hybridized carbons (Fsp3) is 0.632. The monoisotopic (exact) mass is 317 g/mol. The lowest BCUT2D eigenvalue weighted by atomic mass is 9.96. The highest BCUT2D eigenvalue weighted by atomic mass is 16.5. The van der Waals surface area contributed by atoms with E-state index in [1.807, 2.05) is 7.05 Å². The van der Waals surface area contributed by atoms with Gasteiger partial charge in [-0.05, 0) is 49.7 Å². The third-order valence-corrected chi connectivity index (χ3v) is 4.73. The highest BCUT2D eigenvalue weighted by molar-refractivity contribution is 5.79. The maximum absolute atomic E-state index is 5.43. The third-order valence-electron chi connectivity index (χ3n) is 4.73. The fourth-order valence-electron chi connectivity index (χ4n) is 3.10. The van der Waals surface area contributed by atoms with Crippen LogP contribution in [0, 0.1) is 12.8 Å². The molecule has 0 spiro atoms. The Bertz CT molecular complexity index is 495. The zero-order valence-electron chi connectivity index (χ0n) is 14.8. The van der Waals surface area contributed by atoms with Gasteiger partial charge in [0, 0.05) is 40.4 Å². The number of guanidine groups is 1. The van der Waals surface area contributed by atoms with Crippen LogP contribution in [-0.4, -0.2) is 51.3 Å². The van der Waals surface area contributed by atoms with Crippen molar-refractivity contribution in [2.24, 2.45) is 10.9 Å². The summed E-state index contributed by atoms with van der Waals surface area (Å²) in [6.45, 7) is 5.99. The van der Waals surface area contributed by atoms with E-state index in [4.69, 9.17) is 4.74 Å². The van der Waals surface area contributed by atoms with Crippen LogP contribution in [0.2, 0.25) is 0 Å². The average Bonchev–Trinajstić information content (AvgIpc) is 2.59. The maximum atomic E-state index is 5.43. The number of hydrogen-bond donors (Lipinski definition) is 1. The van der Waals surface area contributed by atoms with E-state index in [1.165, 1.54) is 30.4 Å². The van der Waals surface area contributed by atoms with Crippen molar-refractivity contribution in [1.82, 2.24) is 10.2 Å². The van der Waals surface area contributed by atoms with Crippen LogP contribution in [0.4, 0.5) is 0 Å². The zero-order valence-corrected chi connectivity index (χ0v) is 14.8. The summed E-state index contributed by atoms with van der Waals surface area (Å²) in [5, 5.41) is 3.48. The van der Waals surface area contributed by atoms with Crippen LogP contribution in [0.5, 0.6) is 0 Å². The van der Waals surface area contributed by atoms with E-state index in [1.54, 1.807) is 0 Å². The summed E-state index contributed by atoms with van der Waals surface area (Å²) in [5.41, 5.74) is 2.76. The van der Waals surface area contributed by atoms with E-state index < -0.39 is 0 Å². The minimum Gasteiger partial charge on any atom is -0.381 e. The van der Waals surface area contributed by atoms with E-state index in [0.29, 0.717) is 0 Å². The van der Waals surface area contributed by atoms with E-state index in [-0.39, 0.29) is 0 Å². The Morgan fingerprint density at radius 1 is 1.30 bits per heavy atom. The van der Waals surface area contributed by atoms with Gasteiger partial charge in [0.25, 0.3) is 0 Å². The Labute approximate surface area is 140 Å². The van der Waals surface area contributed by atoms with Crippen LogP contribution < -0.4 is 5.32 Å². The Kier molecular flexibility index (Phi) is 7.40. The summed E-state index contributed by atoms with van der Waals surface area (Å²) in [7, 11) is 3.99. The Morgan fingerprint density at radius 3 is 2.74 bits per heavy atom. The first kappa shape index (κ1) is 17.8. The number of ether oxygens (including phenoxy) is 1. The lowest BCUT2D eigenvalue weighted by Gasteiger charge is -2.26.